The average Bonchev–Trinajstić information content (AvgIpc) is 3.03. The quantitative estimate of drug-likeness (QED) is 0.306. The Hall–Kier alpha value is -3.73. The van der Waals surface area contributed by atoms with Gasteiger partial charge >= 0.3 is 6.01 Å². The third-order valence-corrected chi connectivity index (χ3v) is 8.30. The Kier molecular flexibility index (Phi) is 10.7. The maximum atomic E-state index is 12.9. The van der Waals surface area contributed by atoms with Gasteiger partial charge in [-0.15, -0.1) is 0 Å². The zero-order valence-corrected chi connectivity index (χ0v) is 26.5. The maximum absolute atomic E-state index is 12.9. The molecular formula is C34H45N5O5. The Morgan fingerprint density at radius 2 is 1.57 bits per heavy atom. The topological polar surface area (TPSA) is 89.5 Å². The monoisotopic (exact) mass is 603 g/mol. The number of hydrogen-bond acceptors (Lipinski definition) is 9. The van der Waals surface area contributed by atoms with E-state index in [1.807, 2.05) is 25.7 Å². The molecule has 236 valence electrons. The Balaban J connectivity index is 1.54. The second-order valence-corrected chi connectivity index (χ2v) is 11.6. The first-order valence-electron chi connectivity index (χ1n) is 15.5. The molecule has 3 heterocycles. The van der Waals surface area contributed by atoms with E-state index in [4.69, 9.17) is 18.9 Å². The minimum atomic E-state index is -0.0910. The molecule has 1 aromatic heterocycles. The highest BCUT2D eigenvalue weighted by atomic mass is 16.5. The molecule has 0 unspecified atom stereocenters. The number of carbonyl (C=O) groups is 1. The van der Waals surface area contributed by atoms with E-state index >= 15 is 0 Å². The number of carbonyl (C=O) groups excluding carboxylic acids is 1. The number of ether oxygens (including phenoxy) is 4. The van der Waals surface area contributed by atoms with E-state index < -0.39 is 0 Å². The zero-order valence-electron chi connectivity index (χ0n) is 26.5. The van der Waals surface area contributed by atoms with Crippen LogP contribution in [-0.2, 0) is 16.1 Å². The number of nitrogens with zero attached hydrogens (tertiary/aromatic N) is 5. The lowest BCUT2D eigenvalue weighted by Crippen LogP contribution is -2.67. The number of rotatable bonds is 12. The van der Waals surface area contributed by atoms with E-state index in [9.17, 15) is 4.79 Å². The molecule has 2 atom stereocenters. The number of aromatic nitrogens is 2. The Morgan fingerprint density at radius 1 is 0.909 bits per heavy atom. The van der Waals surface area contributed by atoms with Gasteiger partial charge in [0.2, 0.25) is 17.7 Å². The van der Waals surface area contributed by atoms with Gasteiger partial charge in [0, 0.05) is 64.4 Å². The van der Waals surface area contributed by atoms with Crippen LogP contribution in [0.5, 0.6) is 17.8 Å². The van der Waals surface area contributed by atoms with E-state index in [1.165, 1.54) is 11.1 Å². The fourth-order valence-electron chi connectivity index (χ4n) is 6.50. The van der Waals surface area contributed by atoms with Gasteiger partial charge in [-0.25, -0.2) is 0 Å². The number of benzene rings is 2. The Bertz CT molecular complexity index is 1320. The molecule has 10 nitrogen and oxygen atoms in total. The normalized spacial score (nSPS) is 19.2. The first-order valence-corrected chi connectivity index (χ1v) is 15.5. The average molecular weight is 604 g/mol. The van der Waals surface area contributed by atoms with Gasteiger partial charge in [-0.1, -0.05) is 60.7 Å². The minimum absolute atomic E-state index is 0.0256. The van der Waals surface area contributed by atoms with E-state index in [2.05, 4.69) is 80.4 Å². The Labute approximate surface area is 260 Å². The minimum Gasteiger partial charge on any atom is -0.481 e. The molecule has 44 heavy (non-hydrogen) atoms. The van der Waals surface area contributed by atoms with E-state index in [-0.39, 0.29) is 42.6 Å². The molecule has 0 bridgehead atoms. The van der Waals surface area contributed by atoms with Gasteiger partial charge in [0.15, 0.2) is 0 Å². The molecule has 2 saturated heterocycles. The van der Waals surface area contributed by atoms with Gasteiger partial charge in [0.05, 0.1) is 25.4 Å². The zero-order chi connectivity index (χ0) is 31.1. The van der Waals surface area contributed by atoms with Crippen LogP contribution in [0, 0.1) is 0 Å². The summed E-state index contributed by atoms with van der Waals surface area (Å²) < 4.78 is 22.8. The fraction of sp³-hybridized carbons (Fsp3) is 0.500. The van der Waals surface area contributed by atoms with Crippen molar-refractivity contribution in [2.75, 3.05) is 60.2 Å². The van der Waals surface area contributed by atoms with Crippen LogP contribution >= 0.6 is 0 Å². The fourth-order valence-corrected chi connectivity index (χ4v) is 6.50. The van der Waals surface area contributed by atoms with Crippen molar-refractivity contribution in [1.29, 1.82) is 0 Å². The predicted molar refractivity (Wildman–Crippen MR) is 168 cm³/mol. The van der Waals surface area contributed by atoms with Crippen LogP contribution in [0.2, 0.25) is 0 Å². The molecule has 0 N–H and O–H groups in total. The Morgan fingerprint density at radius 3 is 2.16 bits per heavy atom. The third kappa shape index (κ3) is 7.31. The second-order valence-electron chi connectivity index (χ2n) is 11.6. The number of hydrogen-bond donors (Lipinski definition) is 0. The van der Waals surface area contributed by atoms with Gasteiger partial charge in [0.25, 0.3) is 0 Å². The molecule has 2 fully saturated rings. The van der Waals surface area contributed by atoms with Gasteiger partial charge in [-0.05, 0) is 31.9 Å². The molecule has 10 heteroatoms. The van der Waals surface area contributed by atoms with Crippen LogP contribution in [-0.4, -0.2) is 109 Å². The maximum Gasteiger partial charge on any atom is 0.323 e. The smallest absolute Gasteiger partial charge is 0.323 e. The van der Waals surface area contributed by atoms with Crippen molar-refractivity contribution < 1.29 is 23.7 Å². The summed E-state index contributed by atoms with van der Waals surface area (Å²) in [5, 5.41) is 0. The van der Waals surface area contributed by atoms with E-state index in [0.717, 1.165) is 25.2 Å². The van der Waals surface area contributed by atoms with Gasteiger partial charge in [-0.3, -0.25) is 14.6 Å². The summed E-state index contributed by atoms with van der Waals surface area (Å²) >= 11 is 0. The van der Waals surface area contributed by atoms with Crippen molar-refractivity contribution in [3.8, 4) is 17.8 Å². The standard InChI is InChI=1S/C34H45N5O5/c1-6-43-34-35-32(42-5)28(33(36-34)44-24(2)3)21-37-19-27-20-38(30(40)23-41-4)17-18-39(27)29(22-37)31(25-13-9-7-10-14-25)26-15-11-8-12-16-26/h7-16,24,27,29,31H,6,17-23H2,1-5H3/t27-,29+/m1/s1. The molecule has 5 rings (SSSR count). The third-order valence-electron chi connectivity index (χ3n) is 8.30. The van der Waals surface area contributed by atoms with Crippen LogP contribution in [0.3, 0.4) is 0 Å². The summed E-state index contributed by atoms with van der Waals surface area (Å²) in [6.07, 6.45) is -0.0910. The van der Waals surface area contributed by atoms with Crippen LogP contribution < -0.4 is 14.2 Å². The highest BCUT2D eigenvalue weighted by Gasteiger charge is 2.43. The van der Waals surface area contributed by atoms with Crippen LogP contribution in [0.4, 0.5) is 0 Å². The highest BCUT2D eigenvalue weighted by Crippen LogP contribution is 2.37. The molecule has 0 saturated carbocycles. The number of piperazine rings is 2. The summed E-state index contributed by atoms with van der Waals surface area (Å²) in [6.45, 7) is 10.6. The summed E-state index contributed by atoms with van der Waals surface area (Å²) in [5.74, 6) is 1.07. The summed E-state index contributed by atoms with van der Waals surface area (Å²) in [4.78, 5) is 29.1. The molecule has 3 aromatic rings. The van der Waals surface area contributed by atoms with Crippen molar-refractivity contribution in [2.24, 2.45) is 0 Å². The summed E-state index contributed by atoms with van der Waals surface area (Å²) in [5.41, 5.74) is 3.33. The van der Waals surface area contributed by atoms with Crippen molar-refractivity contribution in [2.45, 2.75) is 51.4 Å². The van der Waals surface area contributed by atoms with E-state index in [0.29, 0.717) is 38.0 Å². The van der Waals surface area contributed by atoms with Crippen LogP contribution in [0.15, 0.2) is 60.7 Å². The lowest BCUT2D eigenvalue weighted by atomic mass is 9.81. The predicted octanol–water partition coefficient (Wildman–Crippen LogP) is 3.85. The summed E-state index contributed by atoms with van der Waals surface area (Å²) in [6, 6.07) is 22.0. The van der Waals surface area contributed by atoms with Crippen LogP contribution in [0.25, 0.3) is 0 Å². The molecule has 0 radical (unpaired) electrons. The van der Waals surface area contributed by atoms with Crippen molar-refractivity contribution >= 4 is 5.91 Å². The lowest BCUT2D eigenvalue weighted by molar-refractivity contribution is -0.140. The largest absolute Gasteiger partial charge is 0.481 e. The van der Waals surface area contributed by atoms with Crippen molar-refractivity contribution in [1.82, 2.24) is 24.7 Å². The van der Waals surface area contributed by atoms with Gasteiger partial charge in [-0.2, -0.15) is 9.97 Å². The summed E-state index contributed by atoms with van der Waals surface area (Å²) in [7, 11) is 3.18. The molecule has 0 aliphatic carbocycles. The van der Waals surface area contributed by atoms with E-state index in [1.54, 1.807) is 14.2 Å². The van der Waals surface area contributed by atoms with Gasteiger partial charge in [0.1, 0.15) is 6.61 Å². The molecule has 2 aliphatic rings. The van der Waals surface area contributed by atoms with Crippen molar-refractivity contribution in [3.05, 3.63) is 77.4 Å². The van der Waals surface area contributed by atoms with Crippen LogP contribution in [0.1, 0.15) is 43.4 Å². The number of methoxy groups -OCH3 is 2. The highest BCUT2D eigenvalue weighted by molar-refractivity contribution is 5.77. The van der Waals surface area contributed by atoms with Crippen molar-refractivity contribution in [3.63, 3.8) is 0 Å². The first kappa shape index (κ1) is 31.7. The molecular weight excluding hydrogens is 558 g/mol. The number of amides is 1. The molecule has 0 spiro atoms. The molecule has 2 aromatic carbocycles. The lowest BCUT2D eigenvalue weighted by Gasteiger charge is -2.53. The molecule has 2 aliphatic heterocycles. The second kappa shape index (κ2) is 14.8. The number of fused-ring (bicyclic) bond motifs is 1. The van der Waals surface area contributed by atoms with Gasteiger partial charge < -0.3 is 23.8 Å². The first-order chi connectivity index (χ1) is 21.4. The SMILES string of the molecule is CCOc1nc(OC)c(CN2C[C@@H]3CN(C(=O)COC)CCN3[C@H](C(c3ccccc3)c3ccccc3)C2)c(OC(C)C)n1. The molecule has 1 amide bonds.